The number of benzene rings is 3. The number of amides is 1. The lowest BCUT2D eigenvalue weighted by atomic mass is 10.0. The number of nitrogens with one attached hydrogen (secondary N) is 1. The average molecular weight is 446 g/mol. The third kappa shape index (κ3) is 6.94. The average Bonchev–Trinajstić information content (AvgIpc) is 2.83. The number of rotatable bonds is 10. The molecule has 0 fully saturated rings. The molecule has 0 unspecified atom stereocenters. The lowest BCUT2D eigenvalue weighted by molar-refractivity contribution is -0.134. The number of esters is 1. The van der Waals surface area contributed by atoms with Gasteiger partial charge in [0.2, 0.25) is 0 Å². The monoisotopic (exact) mass is 445 g/mol. The highest BCUT2D eigenvalue weighted by Gasteiger charge is 2.14. The van der Waals surface area contributed by atoms with Crippen molar-refractivity contribution < 1.29 is 19.1 Å². The Kier molecular flexibility index (Phi) is 8.64. The van der Waals surface area contributed by atoms with Crippen molar-refractivity contribution in [2.24, 2.45) is 0 Å². The normalized spacial score (nSPS) is 10.5. The molecule has 0 radical (unpaired) electrons. The molecule has 0 aromatic heterocycles. The largest absolute Gasteiger partial charge is 0.489 e. The van der Waals surface area contributed by atoms with E-state index in [-0.39, 0.29) is 18.3 Å². The predicted octanol–water partition coefficient (Wildman–Crippen LogP) is 5.56. The summed E-state index contributed by atoms with van der Waals surface area (Å²) in [7, 11) is 0. The van der Waals surface area contributed by atoms with Crippen molar-refractivity contribution >= 4 is 11.9 Å². The molecule has 0 atom stereocenters. The van der Waals surface area contributed by atoms with Crippen LogP contribution < -0.4 is 14.8 Å². The summed E-state index contributed by atoms with van der Waals surface area (Å²) < 4.78 is 11.3. The maximum atomic E-state index is 12.6. The zero-order valence-corrected chi connectivity index (χ0v) is 19.5. The number of carbonyl (C=O) groups excluding carboxylic acids is 2. The first-order valence-corrected chi connectivity index (χ1v) is 11.3. The van der Waals surface area contributed by atoms with Crippen LogP contribution in [0, 0.1) is 13.8 Å². The summed E-state index contributed by atoms with van der Waals surface area (Å²) >= 11 is 0. The highest BCUT2D eigenvalue weighted by molar-refractivity contribution is 5.96. The lowest BCUT2D eigenvalue weighted by Crippen LogP contribution is -2.26. The molecule has 0 heterocycles. The molecular formula is C28H31NO4. The van der Waals surface area contributed by atoms with Crippen LogP contribution in [0.1, 0.15) is 52.4 Å². The second kappa shape index (κ2) is 11.9. The minimum absolute atomic E-state index is 0.159. The molecule has 3 rings (SSSR count). The zero-order valence-electron chi connectivity index (χ0n) is 19.5. The van der Waals surface area contributed by atoms with E-state index in [1.54, 1.807) is 18.2 Å². The Bertz CT molecular complexity index is 1080. The summed E-state index contributed by atoms with van der Waals surface area (Å²) in [5.41, 5.74) is 4.85. The first-order valence-electron chi connectivity index (χ1n) is 11.3. The van der Waals surface area contributed by atoms with Crippen molar-refractivity contribution in [1.82, 2.24) is 5.32 Å². The fourth-order valence-electron chi connectivity index (χ4n) is 3.43. The molecule has 0 bridgehead atoms. The maximum Gasteiger partial charge on any atom is 0.311 e. The Hall–Kier alpha value is -3.60. The minimum Gasteiger partial charge on any atom is -0.489 e. The van der Waals surface area contributed by atoms with Gasteiger partial charge in [0, 0.05) is 18.5 Å². The number of hydrogen-bond acceptors (Lipinski definition) is 4. The Morgan fingerprint density at radius 1 is 0.848 bits per heavy atom. The van der Waals surface area contributed by atoms with Crippen LogP contribution in [-0.2, 0) is 17.8 Å². The van der Waals surface area contributed by atoms with Gasteiger partial charge in [-0.3, -0.25) is 9.59 Å². The van der Waals surface area contributed by atoms with Gasteiger partial charge < -0.3 is 14.8 Å². The molecule has 0 aliphatic carbocycles. The maximum absolute atomic E-state index is 12.6. The number of carbonyl (C=O) groups is 2. The van der Waals surface area contributed by atoms with Crippen LogP contribution in [0.2, 0.25) is 0 Å². The Morgan fingerprint density at radius 3 is 2.24 bits per heavy atom. The zero-order chi connectivity index (χ0) is 23.6. The number of para-hydroxylation sites is 1. The standard InChI is InChI=1S/C28H31NO4/c1-4-22-12-14-23(15-13-22)19-32-26-17-16-25(20(2)21(26)3)28(31)29-18-8-11-27(30)33-24-9-6-5-7-10-24/h5-7,9-10,12-17H,4,8,11,18-19H2,1-3H3,(H,29,31). The molecule has 0 aliphatic heterocycles. The molecule has 0 spiro atoms. The van der Waals surface area contributed by atoms with Crippen molar-refractivity contribution in [3.8, 4) is 11.5 Å². The fraction of sp³-hybridized carbons (Fsp3) is 0.286. The quantitative estimate of drug-likeness (QED) is 0.252. The van der Waals surface area contributed by atoms with Crippen LogP contribution in [0.4, 0.5) is 0 Å². The number of ether oxygens (including phenoxy) is 2. The van der Waals surface area contributed by atoms with E-state index < -0.39 is 0 Å². The summed E-state index contributed by atoms with van der Waals surface area (Å²) in [6, 6.07) is 21.0. The fourth-order valence-corrected chi connectivity index (χ4v) is 3.43. The van der Waals surface area contributed by atoms with Gasteiger partial charge in [-0.2, -0.15) is 0 Å². The second-order valence-electron chi connectivity index (χ2n) is 7.97. The van der Waals surface area contributed by atoms with Gasteiger partial charge in [-0.25, -0.2) is 0 Å². The summed E-state index contributed by atoms with van der Waals surface area (Å²) in [4.78, 5) is 24.5. The van der Waals surface area contributed by atoms with E-state index >= 15 is 0 Å². The van der Waals surface area contributed by atoms with Gasteiger partial charge in [0.05, 0.1) is 0 Å². The summed E-state index contributed by atoms with van der Waals surface area (Å²) in [6.45, 7) is 6.89. The topological polar surface area (TPSA) is 64.6 Å². The molecule has 3 aromatic rings. The summed E-state index contributed by atoms with van der Waals surface area (Å²) in [6.07, 6.45) is 1.76. The molecule has 5 heteroatoms. The highest BCUT2D eigenvalue weighted by Crippen LogP contribution is 2.25. The SMILES string of the molecule is CCc1ccc(COc2ccc(C(=O)NCCCC(=O)Oc3ccccc3)c(C)c2C)cc1. The van der Waals surface area contributed by atoms with Crippen molar-refractivity contribution in [1.29, 1.82) is 0 Å². The predicted molar refractivity (Wildman–Crippen MR) is 130 cm³/mol. The molecule has 0 aliphatic rings. The van der Waals surface area contributed by atoms with E-state index in [9.17, 15) is 9.59 Å². The molecule has 0 saturated carbocycles. The van der Waals surface area contributed by atoms with Gasteiger partial charge in [-0.15, -0.1) is 0 Å². The number of aryl methyl sites for hydroxylation is 1. The van der Waals surface area contributed by atoms with E-state index in [1.807, 2.05) is 38.1 Å². The molecule has 1 N–H and O–H groups in total. The van der Waals surface area contributed by atoms with Crippen LogP contribution in [0.5, 0.6) is 11.5 Å². The van der Waals surface area contributed by atoms with E-state index in [0.717, 1.165) is 28.9 Å². The van der Waals surface area contributed by atoms with Crippen LogP contribution in [-0.4, -0.2) is 18.4 Å². The van der Waals surface area contributed by atoms with E-state index in [4.69, 9.17) is 9.47 Å². The molecule has 172 valence electrons. The first-order chi connectivity index (χ1) is 16.0. The summed E-state index contributed by atoms with van der Waals surface area (Å²) in [5.74, 6) is 0.826. The minimum atomic E-state index is -0.312. The van der Waals surface area contributed by atoms with Crippen molar-refractivity contribution in [2.45, 2.75) is 46.6 Å². The highest BCUT2D eigenvalue weighted by atomic mass is 16.5. The van der Waals surface area contributed by atoms with E-state index in [1.165, 1.54) is 5.56 Å². The molecule has 3 aromatic carbocycles. The van der Waals surface area contributed by atoms with Crippen molar-refractivity contribution in [3.05, 3.63) is 94.5 Å². The molecule has 33 heavy (non-hydrogen) atoms. The summed E-state index contributed by atoms with van der Waals surface area (Å²) in [5, 5.41) is 2.89. The third-order valence-corrected chi connectivity index (χ3v) is 5.63. The van der Waals surface area contributed by atoms with Crippen molar-refractivity contribution in [3.63, 3.8) is 0 Å². The molecule has 1 amide bonds. The molecule has 0 saturated heterocycles. The Morgan fingerprint density at radius 2 is 1.55 bits per heavy atom. The first kappa shape index (κ1) is 24.1. The van der Waals surface area contributed by atoms with Crippen LogP contribution in [0.25, 0.3) is 0 Å². The number of hydrogen-bond donors (Lipinski definition) is 1. The lowest BCUT2D eigenvalue weighted by Gasteiger charge is -2.15. The van der Waals surface area contributed by atoms with Gasteiger partial charge in [-0.05, 0) is 73.2 Å². The van der Waals surface area contributed by atoms with Crippen LogP contribution in [0.15, 0.2) is 66.7 Å². The third-order valence-electron chi connectivity index (χ3n) is 5.63. The Balaban J connectivity index is 1.48. The van der Waals surface area contributed by atoms with Crippen LogP contribution >= 0.6 is 0 Å². The van der Waals surface area contributed by atoms with Gasteiger partial charge >= 0.3 is 5.97 Å². The van der Waals surface area contributed by atoms with Gasteiger partial charge in [0.25, 0.3) is 5.91 Å². The van der Waals surface area contributed by atoms with Gasteiger partial charge in [0.15, 0.2) is 0 Å². The van der Waals surface area contributed by atoms with Gasteiger partial charge in [-0.1, -0.05) is 49.4 Å². The van der Waals surface area contributed by atoms with Gasteiger partial charge in [0.1, 0.15) is 18.1 Å². The smallest absolute Gasteiger partial charge is 0.311 e. The van der Waals surface area contributed by atoms with Crippen LogP contribution in [0.3, 0.4) is 0 Å². The Labute approximate surface area is 195 Å². The van der Waals surface area contributed by atoms with Crippen molar-refractivity contribution in [2.75, 3.05) is 6.54 Å². The second-order valence-corrected chi connectivity index (χ2v) is 7.97. The van der Waals surface area contributed by atoms with E-state index in [2.05, 4.69) is 36.5 Å². The van der Waals surface area contributed by atoms with E-state index in [0.29, 0.717) is 30.9 Å². The molecule has 5 nitrogen and oxygen atoms in total. The molecular weight excluding hydrogens is 414 g/mol.